The van der Waals surface area contributed by atoms with Crippen LogP contribution in [-0.4, -0.2) is 35.2 Å². The molecule has 0 saturated carbocycles. The van der Waals surface area contributed by atoms with Gasteiger partial charge in [-0.25, -0.2) is 13.1 Å². The third-order valence-electron chi connectivity index (χ3n) is 2.76. The molecule has 19 heavy (non-hydrogen) atoms. The molecule has 0 aromatic carbocycles. The molecular weight excluding hydrogens is 266 g/mol. The van der Waals surface area contributed by atoms with Gasteiger partial charge in [0.1, 0.15) is 0 Å². The predicted octanol–water partition coefficient (Wildman–Crippen LogP) is 0.888. The van der Waals surface area contributed by atoms with Gasteiger partial charge in [0.25, 0.3) is 5.56 Å². The van der Waals surface area contributed by atoms with Gasteiger partial charge >= 0.3 is 0 Å². The molecule has 1 heterocycles. The van der Waals surface area contributed by atoms with Crippen LogP contribution in [0.4, 0.5) is 5.69 Å². The van der Waals surface area contributed by atoms with Crippen molar-refractivity contribution < 1.29 is 8.42 Å². The standard InChI is InChI=1S/C12H21N3O3S/c1-5-13-10-8-11(16)15(14-9-10)6-7-19(17,18)12(2,3)4/h8-9,13H,5-7H2,1-4H3. The summed E-state index contributed by atoms with van der Waals surface area (Å²) in [4.78, 5) is 11.7. The maximum Gasteiger partial charge on any atom is 0.268 e. The van der Waals surface area contributed by atoms with E-state index in [1.165, 1.54) is 16.9 Å². The summed E-state index contributed by atoms with van der Waals surface area (Å²) in [7, 11) is -3.25. The van der Waals surface area contributed by atoms with Crippen LogP contribution in [0.5, 0.6) is 0 Å². The molecule has 0 aliphatic carbocycles. The van der Waals surface area contributed by atoms with Gasteiger partial charge in [0.15, 0.2) is 9.84 Å². The second-order valence-electron chi connectivity index (χ2n) is 5.27. The molecule has 0 fully saturated rings. The molecule has 1 aromatic heterocycles. The first-order chi connectivity index (χ1) is 8.67. The van der Waals surface area contributed by atoms with Crippen LogP contribution in [0, 0.1) is 0 Å². The van der Waals surface area contributed by atoms with Gasteiger partial charge in [-0.1, -0.05) is 0 Å². The average molecular weight is 287 g/mol. The monoisotopic (exact) mass is 287 g/mol. The van der Waals surface area contributed by atoms with Crippen molar-refractivity contribution in [2.45, 2.75) is 39.0 Å². The number of nitrogens with one attached hydrogen (secondary N) is 1. The lowest BCUT2D eigenvalue weighted by Gasteiger charge is -2.19. The van der Waals surface area contributed by atoms with Crippen molar-refractivity contribution in [3.63, 3.8) is 0 Å². The van der Waals surface area contributed by atoms with Crippen molar-refractivity contribution >= 4 is 15.5 Å². The molecule has 108 valence electrons. The molecule has 0 amide bonds. The van der Waals surface area contributed by atoms with Gasteiger partial charge in [0.2, 0.25) is 0 Å². The first-order valence-electron chi connectivity index (χ1n) is 6.20. The minimum absolute atomic E-state index is 0.0742. The number of sulfone groups is 1. The second kappa shape index (κ2) is 5.73. The largest absolute Gasteiger partial charge is 0.384 e. The van der Waals surface area contributed by atoms with Gasteiger partial charge in [-0.15, -0.1) is 0 Å². The molecular formula is C12H21N3O3S. The van der Waals surface area contributed by atoms with E-state index in [1.807, 2.05) is 6.92 Å². The van der Waals surface area contributed by atoms with E-state index >= 15 is 0 Å². The van der Waals surface area contributed by atoms with Crippen LogP contribution in [0.15, 0.2) is 17.1 Å². The first-order valence-corrected chi connectivity index (χ1v) is 7.86. The number of hydrogen-bond donors (Lipinski definition) is 1. The van der Waals surface area contributed by atoms with Crippen LogP contribution < -0.4 is 10.9 Å². The smallest absolute Gasteiger partial charge is 0.268 e. The zero-order chi connectivity index (χ0) is 14.7. The zero-order valence-electron chi connectivity index (χ0n) is 11.8. The Labute approximate surface area is 113 Å². The number of aromatic nitrogens is 2. The van der Waals surface area contributed by atoms with E-state index in [9.17, 15) is 13.2 Å². The van der Waals surface area contributed by atoms with E-state index in [2.05, 4.69) is 10.4 Å². The van der Waals surface area contributed by atoms with Crippen LogP contribution in [-0.2, 0) is 16.4 Å². The minimum atomic E-state index is -3.25. The molecule has 1 aromatic rings. The van der Waals surface area contributed by atoms with Crippen LogP contribution in [0.3, 0.4) is 0 Å². The lowest BCUT2D eigenvalue weighted by atomic mass is 10.3. The zero-order valence-corrected chi connectivity index (χ0v) is 12.6. The Kier molecular flexibility index (Phi) is 4.73. The lowest BCUT2D eigenvalue weighted by molar-refractivity contribution is 0.543. The molecule has 0 atom stereocenters. The molecule has 0 unspecified atom stereocenters. The molecule has 1 rings (SSSR count). The van der Waals surface area contributed by atoms with Crippen LogP contribution in [0.1, 0.15) is 27.7 Å². The molecule has 0 spiro atoms. The molecule has 0 aliphatic heterocycles. The van der Waals surface area contributed by atoms with E-state index in [0.717, 1.165) is 0 Å². The highest BCUT2D eigenvalue weighted by atomic mass is 32.2. The Morgan fingerprint density at radius 1 is 1.37 bits per heavy atom. The van der Waals surface area contributed by atoms with Crippen LogP contribution >= 0.6 is 0 Å². The highest BCUT2D eigenvalue weighted by Crippen LogP contribution is 2.15. The van der Waals surface area contributed by atoms with Gasteiger partial charge in [-0.05, 0) is 27.7 Å². The van der Waals surface area contributed by atoms with Crippen molar-refractivity contribution in [3.05, 3.63) is 22.6 Å². The van der Waals surface area contributed by atoms with E-state index in [-0.39, 0.29) is 17.9 Å². The van der Waals surface area contributed by atoms with Gasteiger partial charge in [0.05, 0.1) is 28.9 Å². The van der Waals surface area contributed by atoms with Crippen molar-refractivity contribution in [2.75, 3.05) is 17.6 Å². The first kappa shape index (κ1) is 15.7. The molecule has 0 saturated heterocycles. The minimum Gasteiger partial charge on any atom is -0.384 e. The molecule has 6 nitrogen and oxygen atoms in total. The normalized spacial score (nSPS) is 12.4. The Morgan fingerprint density at radius 2 is 2.00 bits per heavy atom. The van der Waals surface area contributed by atoms with E-state index < -0.39 is 14.6 Å². The lowest BCUT2D eigenvalue weighted by Crippen LogP contribution is -2.34. The molecule has 1 N–H and O–H groups in total. The summed E-state index contributed by atoms with van der Waals surface area (Å²) in [6.07, 6.45) is 1.52. The molecule has 0 radical (unpaired) electrons. The van der Waals surface area contributed by atoms with Crippen molar-refractivity contribution in [3.8, 4) is 0 Å². The van der Waals surface area contributed by atoms with E-state index in [1.54, 1.807) is 20.8 Å². The topological polar surface area (TPSA) is 81.1 Å². The maximum atomic E-state index is 12.0. The average Bonchev–Trinajstić information content (AvgIpc) is 2.27. The third-order valence-corrected chi connectivity index (χ3v) is 5.34. The number of rotatable bonds is 5. The summed E-state index contributed by atoms with van der Waals surface area (Å²) in [5.74, 6) is -0.0933. The van der Waals surface area contributed by atoms with Gasteiger partial charge < -0.3 is 5.32 Å². The van der Waals surface area contributed by atoms with Crippen molar-refractivity contribution in [1.29, 1.82) is 0 Å². The molecule has 7 heteroatoms. The predicted molar refractivity (Wildman–Crippen MR) is 76.2 cm³/mol. The quantitative estimate of drug-likeness (QED) is 0.869. The SMILES string of the molecule is CCNc1cnn(CCS(=O)(=O)C(C)(C)C)c(=O)c1. The summed E-state index contributed by atoms with van der Waals surface area (Å²) < 4.78 is 24.3. The Morgan fingerprint density at radius 3 is 2.47 bits per heavy atom. The number of hydrogen-bond acceptors (Lipinski definition) is 5. The second-order valence-corrected chi connectivity index (χ2v) is 8.13. The summed E-state index contributed by atoms with van der Waals surface area (Å²) in [5.41, 5.74) is 0.338. The summed E-state index contributed by atoms with van der Waals surface area (Å²) >= 11 is 0. The highest BCUT2D eigenvalue weighted by Gasteiger charge is 2.28. The number of nitrogens with zero attached hydrogens (tertiary/aromatic N) is 2. The maximum absolute atomic E-state index is 12.0. The fourth-order valence-corrected chi connectivity index (χ4v) is 2.44. The van der Waals surface area contributed by atoms with E-state index in [4.69, 9.17) is 0 Å². The van der Waals surface area contributed by atoms with Gasteiger partial charge in [-0.3, -0.25) is 4.79 Å². The Bertz CT molecular complexity index is 585. The third kappa shape index (κ3) is 4.05. The van der Waals surface area contributed by atoms with Crippen LogP contribution in [0.25, 0.3) is 0 Å². The van der Waals surface area contributed by atoms with E-state index in [0.29, 0.717) is 12.2 Å². The van der Waals surface area contributed by atoms with Crippen molar-refractivity contribution in [1.82, 2.24) is 9.78 Å². The fourth-order valence-electron chi connectivity index (χ4n) is 1.42. The van der Waals surface area contributed by atoms with Crippen molar-refractivity contribution in [2.24, 2.45) is 0 Å². The van der Waals surface area contributed by atoms with Crippen LogP contribution in [0.2, 0.25) is 0 Å². The Balaban J connectivity index is 2.83. The molecule has 0 bridgehead atoms. The number of aryl methyl sites for hydroxylation is 1. The fraction of sp³-hybridized carbons (Fsp3) is 0.667. The van der Waals surface area contributed by atoms with Gasteiger partial charge in [0, 0.05) is 12.6 Å². The summed E-state index contributed by atoms with van der Waals surface area (Å²) in [6, 6.07) is 1.42. The van der Waals surface area contributed by atoms with Gasteiger partial charge in [-0.2, -0.15) is 5.10 Å². The summed E-state index contributed by atoms with van der Waals surface area (Å²) in [5, 5.41) is 6.94. The summed E-state index contributed by atoms with van der Waals surface area (Å²) in [6.45, 7) is 7.63. The highest BCUT2D eigenvalue weighted by molar-refractivity contribution is 7.92. The molecule has 0 aliphatic rings. The number of anilines is 1. The Hall–Kier alpha value is -1.37.